The van der Waals surface area contributed by atoms with Gasteiger partial charge >= 0.3 is 0 Å². The maximum Gasteiger partial charge on any atom is 0.267 e. The number of H-pyrrole nitrogens is 1. The molecular weight excluding hydrogens is 246 g/mol. The van der Waals surface area contributed by atoms with Crippen LogP contribution >= 0.6 is 0 Å². The van der Waals surface area contributed by atoms with Crippen LogP contribution in [0.1, 0.15) is 24.3 Å². The molecule has 2 aromatic rings. The van der Waals surface area contributed by atoms with Crippen molar-refractivity contribution in [3.8, 4) is 0 Å². The molecule has 1 amide bonds. The first-order valence-electron chi connectivity index (χ1n) is 5.55. The van der Waals surface area contributed by atoms with E-state index in [1.807, 2.05) is 39.6 Å². The molecule has 0 spiro atoms. The van der Waals surface area contributed by atoms with Crippen LogP contribution in [0, 0.1) is 0 Å². The van der Waals surface area contributed by atoms with Gasteiger partial charge in [-0.3, -0.25) is 9.78 Å². The van der Waals surface area contributed by atoms with E-state index in [4.69, 9.17) is 9.59 Å². The lowest BCUT2D eigenvalue weighted by molar-refractivity contribution is -0.0987. The summed E-state index contributed by atoms with van der Waals surface area (Å²) in [7, 11) is 1.60. The fourth-order valence-corrected chi connectivity index (χ4v) is 1.21. The molecule has 19 heavy (non-hydrogen) atoms. The number of fused-ring (bicyclic) bond motifs is 1. The van der Waals surface area contributed by atoms with Gasteiger partial charge in [-0.25, -0.2) is 0 Å². The number of hydrogen-bond acceptors (Lipinski definition) is 4. The van der Waals surface area contributed by atoms with E-state index in [-0.39, 0.29) is 5.91 Å². The number of hydrogen-bond donors (Lipinski definition) is 2. The van der Waals surface area contributed by atoms with Crippen LogP contribution in [-0.4, -0.2) is 36.5 Å². The second kappa shape index (κ2) is 12.0. The van der Waals surface area contributed by atoms with Crippen LogP contribution in [0.15, 0.2) is 24.4 Å². The van der Waals surface area contributed by atoms with Gasteiger partial charge in [0.1, 0.15) is 19.3 Å². The van der Waals surface area contributed by atoms with Gasteiger partial charge in [-0.2, -0.15) is 0 Å². The van der Waals surface area contributed by atoms with E-state index in [1.54, 1.807) is 19.3 Å². The first-order valence-corrected chi connectivity index (χ1v) is 5.55. The number of carbonyl (C=O) groups excluding carboxylic acids is 3. The fourth-order valence-electron chi connectivity index (χ4n) is 1.21. The predicted molar refractivity (Wildman–Crippen MR) is 75.1 cm³/mol. The number of amides is 1. The number of aromatic amines is 1. The molecule has 0 saturated heterocycles. The highest BCUT2D eigenvalue weighted by Crippen LogP contribution is 2.11. The summed E-state index contributed by atoms with van der Waals surface area (Å²) in [4.78, 5) is 34.3. The van der Waals surface area contributed by atoms with E-state index in [2.05, 4.69) is 15.3 Å². The summed E-state index contributed by atoms with van der Waals surface area (Å²) >= 11 is 0. The molecule has 0 unspecified atom stereocenters. The molecule has 0 atom stereocenters. The van der Waals surface area contributed by atoms with Crippen LogP contribution in [0.2, 0.25) is 0 Å². The summed E-state index contributed by atoms with van der Waals surface area (Å²) in [6, 6.07) is 5.44. The van der Waals surface area contributed by atoms with Gasteiger partial charge in [0.05, 0.1) is 11.0 Å². The third kappa shape index (κ3) is 5.58. The average Bonchev–Trinajstić information content (AvgIpc) is 2.96. The number of nitrogens with one attached hydrogen (secondary N) is 2. The Labute approximate surface area is 112 Å². The number of pyridine rings is 1. The molecule has 6 nitrogen and oxygen atoms in total. The van der Waals surface area contributed by atoms with Gasteiger partial charge in [0, 0.05) is 13.2 Å². The minimum Gasteiger partial charge on any atom is -0.354 e. The molecule has 0 aliphatic heterocycles. The zero-order valence-electron chi connectivity index (χ0n) is 11.4. The Hall–Kier alpha value is -2.50. The molecule has 0 aromatic carbocycles. The van der Waals surface area contributed by atoms with E-state index in [1.165, 1.54) is 0 Å². The molecule has 0 aliphatic rings. The van der Waals surface area contributed by atoms with Crippen molar-refractivity contribution in [1.29, 1.82) is 0 Å². The highest BCUT2D eigenvalue weighted by molar-refractivity contribution is 5.96. The van der Waals surface area contributed by atoms with Crippen molar-refractivity contribution in [2.45, 2.75) is 13.8 Å². The Morgan fingerprint density at radius 2 is 1.84 bits per heavy atom. The van der Waals surface area contributed by atoms with E-state index in [0.717, 1.165) is 11.0 Å². The normalized spacial score (nSPS) is 7.74. The Kier molecular flexibility index (Phi) is 11.9. The molecule has 104 valence electrons. The molecule has 2 rings (SSSR count). The monoisotopic (exact) mass is 265 g/mol. The summed E-state index contributed by atoms with van der Waals surface area (Å²) in [5.41, 5.74) is 2.22. The van der Waals surface area contributed by atoms with E-state index in [0.29, 0.717) is 5.69 Å². The quantitative estimate of drug-likeness (QED) is 0.818. The van der Waals surface area contributed by atoms with Gasteiger partial charge < -0.3 is 19.9 Å². The maximum atomic E-state index is 11.2. The summed E-state index contributed by atoms with van der Waals surface area (Å²) < 4.78 is 0. The van der Waals surface area contributed by atoms with Gasteiger partial charge in [0.15, 0.2) is 0 Å². The highest BCUT2D eigenvalue weighted by Gasteiger charge is 2.06. The molecule has 6 heteroatoms. The zero-order valence-corrected chi connectivity index (χ0v) is 11.4. The van der Waals surface area contributed by atoms with Crippen molar-refractivity contribution in [1.82, 2.24) is 15.3 Å². The standard InChI is InChI=1S/C9H9N3O.C2H6.2CH2O/c1-10-9(13)8-5-7-6(12-8)3-2-4-11-7;3*1-2/h2-5,12H,1H3,(H,10,13);1-2H3;2*1H2. The lowest BCUT2D eigenvalue weighted by Gasteiger charge is -1.92. The Bertz CT molecular complexity index is 448. The van der Waals surface area contributed by atoms with Crippen molar-refractivity contribution < 1.29 is 14.4 Å². The molecule has 0 aliphatic carbocycles. The Balaban J connectivity index is 0. The van der Waals surface area contributed by atoms with Crippen molar-refractivity contribution in [2.24, 2.45) is 0 Å². The maximum absolute atomic E-state index is 11.2. The van der Waals surface area contributed by atoms with Gasteiger partial charge in [-0.15, -0.1) is 0 Å². The number of rotatable bonds is 1. The van der Waals surface area contributed by atoms with Crippen LogP contribution in [0.3, 0.4) is 0 Å². The van der Waals surface area contributed by atoms with Crippen molar-refractivity contribution in [3.63, 3.8) is 0 Å². The van der Waals surface area contributed by atoms with Crippen LogP contribution in [0.5, 0.6) is 0 Å². The van der Waals surface area contributed by atoms with Crippen molar-refractivity contribution in [2.75, 3.05) is 7.05 Å². The summed E-state index contributed by atoms with van der Waals surface area (Å²) in [6.07, 6.45) is 1.70. The lowest BCUT2D eigenvalue weighted by atomic mass is 10.3. The van der Waals surface area contributed by atoms with Crippen molar-refractivity contribution >= 4 is 30.5 Å². The summed E-state index contributed by atoms with van der Waals surface area (Å²) in [5, 5.41) is 2.54. The number of nitrogens with zero attached hydrogens (tertiary/aromatic N) is 1. The van der Waals surface area contributed by atoms with Crippen LogP contribution in [0.4, 0.5) is 0 Å². The van der Waals surface area contributed by atoms with Gasteiger partial charge in [0.25, 0.3) is 5.91 Å². The second-order valence-corrected chi connectivity index (χ2v) is 2.70. The molecule has 2 aromatic heterocycles. The molecular formula is C13H19N3O3. The van der Waals surface area contributed by atoms with E-state index < -0.39 is 0 Å². The van der Waals surface area contributed by atoms with Crippen LogP contribution in [-0.2, 0) is 9.59 Å². The molecule has 0 fully saturated rings. The lowest BCUT2D eigenvalue weighted by Crippen LogP contribution is -2.17. The SMILES string of the molecule is C=O.C=O.CC.CNC(=O)c1cc2ncccc2[nH]1. The minimum absolute atomic E-state index is 0.127. The van der Waals surface area contributed by atoms with Gasteiger partial charge in [-0.1, -0.05) is 13.8 Å². The van der Waals surface area contributed by atoms with Crippen LogP contribution < -0.4 is 5.32 Å². The van der Waals surface area contributed by atoms with Crippen LogP contribution in [0.25, 0.3) is 11.0 Å². The number of aromatic nitrogens is 2. The van der Waals surface area contributed by atoms with E-state index in [9.17, 15) is 4.79 Å². The van der Waals surface area contributed by atoms with Crippen molar-refractivity contribution in [3.05, 3.63) is 30.1 Å². The summed E-state index contributed by atoms with van der Waals surface area (Å²) in [5.74, 6) is -0.127. The molecule has 0 bridgehead atoms. The topological polar surface area (TPSA) is 91.9 Å². The number of carbonyl (C=O) groups is 3. The molecule has 0 saturated carbocycles. The largest absolute Gasteiger partial charge is 0.354 e. The molecule has 2 heterocycles. The Morgan fingerprint density at radius 1 is 1.26 bits per heavy atom. The third-order valence-corrected chi connectivity index (χ3v) is 1.86. The average molecular weight is 265 g/mol. The summed E-state index contributed by atoms with van der Waals surface area (Å²) in [6.45, 7) is 8.00. The van der Waals surface area contributed by atoms with E-state index >= 15 is 0 Å². The predicted octanol–water partition coefficient (Wildman–Crippen LogP) is 1.58. The second-order valence-electron chi connectivity index (χ2n) is 2.70. The highest BCUT2D eigenvalue weighted by atomic mass is 16.1. The zero-order chi connectivity index (χ0) is 15.3. The Morgan fingerprint density at radius 3 is 2.32 bits per heavy atom. The van der Waals surface area contributed by atoms with Gasteiger partial charge in [-0.05, 0) is 18.2 Å². The van der Waals surface area contributed by atoms with Gasteiger partial charge in [0.2, 0.25) is 0 Å². The third-order valence-electron chi connectivity index (χ3n) is 1.86. The first-order chi connectivity index (χ1) is 9.31. The molecule has 2 N–H and O–H groups in total. The minimum atomic E-state index is -0.127. The first kappa shape index (κ1) is 18.9. The fraction of sp³-hybridized carbons (Fsp3) is 0.231. The smallest absolute Gasteiger partial charge is 0.267 e. The molecule has 0 radical (unpaired) electrons.